The number of anilines is 1. The monoisotopic (exact) mass is 304 g/mol. The summed E-state index contributed by atoms with van der Waals surface area (Å²) in [5.41, 5.74) is 1.71. The Labute approximate surface area is 124 Å². The van der Waals surface area contributed by atoms with E-state index in [1.165, 1.54) is 18.2 Å². The first-order valence-corrected chi connectivity index (χ1v) is 6.60. The van der Waals surface area contributed by atoms with E-state index in [1.54, 1.807) is 18.2 Å². The Bertz CT molecular complexity index is 761. The molecule has 3 rings (SSSR count). The molecule has 2 amide bonds. The maximum Gasteiger partial charge on any atom is 0.259 e. The first kappa shape index (κ1) is 13.6. The van der Waals surface area contributed by atoms with Gasteiger partial charge in [0.15, 0.2) is 0 Å². The fourth-order valence-corrected chi connectivity index (χ4v) is 2.35. The Balaban J connectivity index is 1.80. The van der Waals surface area contributed by atoms with Crippen LogP contribution in [0.15, 0.2) is 36.4 Å². The highest BCUT2D eigenvalue weighted by atomic mass is 35.5. The van der Waals surface area contributed by atoms with E-state index in [-0.39, 0.29) is 12.4 Å². The molecule has 0 saturated heterocycles. The third kappa shape index (κ3) is 2.60. The van der Waals surface area contributed by atoms with Crippen LogP contribution in [0.1, 0.15) is 26.3 Å². The van der Waals surface area contributed by atoms with E-state index in [2.05, 4.69) is 10.6 Å². The van der Waals surface area contributed by atoms with Crippen LogP contribution >= 0.6 is 11.6 Å². The Morgan fingerprint density at radius 3 is 2.62 bits per heavy atom. The molecule has 0 fully saturated rings. The molecular formula is C15H10ClFN2O2. The SMILES string of the molecule is O=C1NC(=O)c2cc(NCc3cc(Cl)ccc3F)ccc21. The number of benzene rings is 2. The molecule has 2 aromatic rings. The summed E-state index contributed by atoms with van der Waals surface area (Å²) in [4.78, 5) is 23.0. The van der Waals surface area contributed by atoms with Crippen LogP contribution in [0.3, 0.4) is 0 Å². The van der Waals surface area contributed by atoms with Crippen molar-refractivity contribution < 1.29 is 14.0 Å². The van der Waals surface area contributed by atoms with Crippen molar-refractivity contribution in [3.63, 3.8) is 0 Å². The normalized spacial score (nSPS) is 13.0. The fourth-order valence-electron chi connectivity index (χ4n) is 2.15. The summed E-state index contributed by atoms with van der Waals surface area (Å²) in [5.74, 6) is -1.18. The van der Waals surface area contributed by atoms with E-state index in [0.717, 1.165) is 0 Å². The number of hydrogen-bond acceptors (Lipinski definition) is 3. The summed E-state index contributed by atoms with van der Waals surface area (Å²) < 4.78 is 13.6. The number of rotatable bonds is 3. The van der Waals surface area contributed by atoms with Crippen molar-refractivity contribution in [2.24, 2.45) is 0 Å². The molecule has 0 aromatic heterocycles. The molecule has 0 spiro atoms. The smallest absolute Gasteiger partial charge is 0.259 e. The molecule has 2 N–H and O–H groups in total. The van der Waals surface area contributed by atoms with Gasteiger partial charge >= 0.3 is 0 Å². The molecule has 106 valence electrons. The van der Waals surface area contributed by atoms with Crippen molar-refractivity contribution >= 4 is 29.1 Å². The van der Waals surface area contributed by atoms with Crippen molar-refractivity contribution in [3.8, 4) is 0 Å². The zero-order chi connectivity index (χ0) is 15.0. The van der Waals surface area contributed by atoms with Crippen molar-refractivity contribution in [1.82, 2.24) is 5.32 Å². The highest BCUT2D eigenvalue weighted by Gasteiger charge is 2.26. The molecule has 1 heterocycles. The minimum atomic E-state index is -0.424. The third-order valence-corrected chi connectivity index (χ3v) is 3.46. The van der Waals surface area contributed by atoms with E-state index in [0.29, 0.717) is 27.4 Å². The third-order valence-electron chi connectivity index (χ3n) is 3.23. The van der Waals surface area contributed by atoms with Gasteiger partial charge in [-0.15, -0.1) is 0 Å². The zero-order valence-corrected chi connectivity index (χ0v) is 11.5. The van der Waals surface area contributed by atoms with Crippen LogP contribution < -0.4 is 10.6 Å². The molecule has 0 bridgehead atoms. The van der Waals surface area contributed by atoms with E-state index >= 15 is 0 Å². The van der Waals surface area contributed by atoms with E-state index in [1.807, 2.05) is 0 Å². The van der Waals surface area contributed by atoms with Crippen molar-refractivity contribution in [2.75, 3.05) is 5.32 Å². The largest absolute Gasteiger partial charge is 0.381 e. The number of carbonyl (C=O) groups is 2. The summed E-state index contributed by atoms with van der Waals surface area (Å²) in [7, 11) is 0. The van der Waals surface area contributed by atoms with Gasteiger partial charge in [-0.25, -0.2) is 4.39 Å². The first-order chi connectivity index (χ1) is 10.0. The average molecular weight is 305 g/mol. The fraction of sp³-hybridized carbons (Fsp3) is 0.0667. The maximum absolute atomic E-state index is 13.6. The summed E-state index contributed by atoms with van der Waals surface area (Å²) in [6.45, 7) is 0.223. The topological polar surface area (TPSA) is 58.2 Å². The minimum absolute atomic E-state index is 0.223. The molecular weight excluding hydrogens is 295 g/mol. The summed E-state index contributed by atoms with van der Waals surface area (Å²) >= 11 is 5.83. The number of hydrogen-bond donors (Lipinski definition) is 2. The lowest BCUT2D eigenvalue weighted by atomic mass is 10.1. The number of amides is 2. The quantitative estimate of drug-likeness (QED) is 0.857. The van der Waals surface area contributed by atoms with Crippen molar-refractivity contribution in [3.05, 3.63) is 63.9 Å². The highest BCUT2D eigenvalue weighted by molar-refractivity contribution is 6.30. The second-order valence-corrected chi connectivity index (χ2v) is 5.07. The highest BCUT2D eigenvalue weighted by Crippen LogP contribution is 2.21. The van der Waals surface area contributed by atoms with Gasteiger partial charge in [-0.05, 0) is 36.4 Å². The second kappa shape index (κ2) is 5.18. The molecule has 2 aromatic carbocycles. The molecule has 0 aliphatic carbocycles. The number of halogens is 2. The van der Waals surface area contributed by atoms with Crippen LogP contribution in [-0.2, 0) is 6.54 Å². The van der Waals surface area contributed by atoms with Gasteiger partial charge in [0.25, 0.3) is 11.8 Å². The Morgan fingerprint density at radius 1 is 1.05 bits per heavy atom. The molecule has 1 aliphatic heterocycles. The average Bonchev–Trinajstić information content (AvgIpc) is 2.75. The number of carbonyl (C=O) groups excluding carboxylic acids is 2. The standard InChI is InChI=1S/C15H10ClFN2O2/c16-9-1-4-13(17)8(5-9)7-18-10-2-3-11-12(6-10)15(21)19-14(11)20/h1-6,18H,7H2,(H,19,20,21). The van der Waals surface area contributed by atoms with Crippen LogP contribution in [-0.4, -0.2) is 11.8 Å². The van der Waals surface area contributed by atoms with Gasteiger partial charge < -0.3 is 5.32 Å². The van der Waals surface area contributed by atoms with Gasteiger partial charge in [-0.1, -0.05) is 11.6 Å². The molecule has 0 radical (unpaired) electrons. The molecule has 4 nitrogen and oxygen atoms in total. The van der Waals surface area contributed by atoms with Gasteiger partial charge in [0, 0.05) is 22.8 Å². The van der Waals surface area contributed by atoms with Gasteiger partial charge in [-0.3, -0.25) is 14.9 Å². The van der Waals surface area contributed by atoms with Crippen LogP contribution in [0, 0.1) is 5.82 Å². The summed E-state index contributed by atoms with van der Waals surface area (Å²) in [6, 6.07) is 9.11. The van der Waals surface area contributed by atoms with Crippen LogP contribution in [0.25, 0.3) is 0 Å². The minimum Gasteiger partial charge on any atom is -0.381 e. The van der Waals surface area contributed by atoms with Crippen molar-refractivity contribution in [1.29, 1.82) is 0 Å². The van der Waals surface area contributed by atoms with E-state index in [4.69, 9.17) is 11.6 Å². The first-order valence-electron chi connectivity index (χ1n) is 6.22. The van der Waals surface area contributed by atoms with Gasteiger partial charge in [-0.2, -0.15) is 0 Å². The summed E-state index contributed by atoms with van der Waals surface area (Å²) in [5, 5.41) is 5.67. The number of fused-ring (bicyclic) bond motifs is 1. The molecule has 1 aliphatic rings. The number of imide groups is 1. The van der Waals surface area contributed by atoms with Crippen LogP contribution in [0.5, 0.6) is 0 Å². The maximum atomic E-state index is 13.6. The lowest BCUT2D eigenvalue weighted by molar-refractivity contribution is 0.0879. The van der Waals surface area contributed by atoms with Gasteiger partial charge in [0.05, 0.1) is 11.1 Å². The van der Waals surface area contributed by atoms with E-state index in [9.17, 15) is 14.0 Å². The van der Waals surface area contributed by atoms with Crippen LogP contribution in [0.4, 0.5) is 10.1 Å². The zero-order valence-electron chi connectivity index (χ0n) is 10.7. The molecule has 0 saturated carbocycles. The molecule has 6 heteroatoms. The Morgan fingerprint density at radius 2 is 1.81 bits per heavy atom. The number of nitrogens with one attached hydrogen (secondary N) is 2. The predicted octanol–water partition coefficient (Wildman–Crippen LogP) is 2.97. The predicted molar refractivity (Wildman–Crippen MR) is 77.0 cm³/mol. The lowest BCUT2D eigenvalue weighted by Gasteiger charge is -2.08. The Kier molecular flexibility index (Phi) is 3.35. The van der Waals surface area contributed by atoms with Crippen molar-refractivity contribution in [2.45, 2.75) is 6.54 Å². The lowest BCUT2D eigenvalue weighted by Crippen LogP contribution is -2.19. The van der Waals surface area contributed by atoms with Crippen LogP contribution in [0.2, 0.25) is 5.02 Å². The van der Waals surface area contributed by atoms with Gasteiger partial charge in [0.1, 0.15) is 5.82 Å². The molecule has 0 unspecified atom stereocenters. The summed E-state index contributed by atoms with van der Waals surface area (Å²) in [6.07, 6.45) is 0. The van der Waals surface area contributed by atoms with E-state index < -0.39 is 11.8 Å². The van der Waals surface area contributed by atoms with Gasteiger partial charge in [0.2, 0.25) is 0 Å². The Hall–Kier alpha value is -2.40. The molecule has 0 atom stereocenters. The second-order valence-electron chi connectivity index (χ2n) is 4.63. The molecule has 21 heavy (non-hydrogen) atoms.